The van der Waals surface area contributed by atoms with E-state index in [1.807, 2.05) is 0 Å². The van der Waals surface area contributed by atoms with Crippen LogP contribution in [0.15, 0.2) is 12.3 Å². The average molecular weight is 273 g/mol. The SMILES string of the molecule is Cn1nccc1C(=O)N1CCN(S(N)(=O)=O)CC1. The van der Waals surface area contributed by atoms with Gasteiger partial charge in [0.1, 0.15) is 5.69 Å². The third-order valence-electron chi connectivity index (χ3n) is 2.93. The van der Waals surface area contributed by atoms with Crippen LogP contribution in [0.25, 0.3) is 0 Å². The Morgan fingerprint density at radius 2 is 1.94 bits per heavy atom. The Morgan fingerprint density at radius 3 is 2.39 bits per heavy atom. The quantitative estimate of drug-likeness (QED) is 0.699. The van der Waals surface area contributed by atoms with Gasteiger partial charge in [-0.25, -0.2) is 5.14 Å². The summed E-state index contributed by atoms with van der Waals surface area (Å²) in [5.41, 5.74) is 0.485. The summed E-state index contributed by atoms with van der Waals surface area (Å²) < 4.78 is 24.9. The lowest BCUT2D eigenvalue weighted by Crippen LogP contribution is -2.52. The average Bonchev–Trinajstić information content (AvgIpc) is 2.73. The van der Waals surface area contributed by atoms with E-state index in [2.05, 4.69) is 5.10 Å². The third-order valence-corrected chi connectivity index (χ3v) is 4.01. The number of carbonyl (C=O) groups excluding carboxylic acids is 1. The summed E-state index contributed by atoms with van der Waals surface area (Å²) in [6, 6.07) is 1.63. The molecule has 1 saturated heterocycles. The van der Waals surface area contributed by atoms with E-state index in [9.17, 15) is 13.2 Å². The Hall–Kier alpha value is -1.45. The van der Waals surface area contributed by atoms with Gasteiger partial charge in [0.05, 0.1) is 0 Å². The van der Waals surface area contributed by atoms with Crippen LogP contribution in [0.5, 0.6) is 0 Å². The van der Waals surface area contributed by atoms with Crippen molar-refractivity contribution in [3.63, 3.8) is 0 Å². The maximum atomic E-state index is 12.1. The van der Waals surface area contributed by atoms with E-state index in [4.69, 9.17) is 5.14 Å². The summed E-state index contributed by atoms with van der Waals surface area (Å²) in [7, 11) is -1.97. The van der Waals surface area contributed by atoms with Gasteiger partial charge in [0.25, 0.3) is 16.1 Å². The molecule has 1 aromatic rings. The zero-order chi connectivity index (χ0) is 13.3. The van der Waals surface area contributed by atoms with Crippen molar-refractivity contribution in [1.29, 1.82) is 0 Å². The lowest BCUT2D eigenvalue weighted by atomic mass is 10.3. The molecule has 0 aromatic carbocycles. The van der Waals surface area contributed by atoms with Crippen LogP contribution in [0.3, 0.4) is 0 Å². The fraction of sp³-hybridized carbons (Fsp3) is 0.556. The maximum Gasteiger partial charge on any atom is 0.277 e. The van der Waals surface area contributed by atoms with Crippen molar-refractivity contribution in [3.8, 4) is 0 Å². The molecule has 1 fully saturated rings. The molecule has 9 heteroatoms. The number of aryl methyl sites for hydroxylation is 1. The van der Waals surface area contributed by atoms with Gasteiger partial charge in [-0.05, 0) is 6.07 Å². The van der Waals surface area contributed by atoms with Gasteiger partial charge in [0.2, 0.25) is 0 Å². The fourth-order valence-electron chi connectivity index (χ4n) is 1.89. The summed E-state index contributed by atoms with van der Waals surface area (Å²) in [5.74, 6) is -0.149. The summed E-state index contributed by atoms with van der Waals surface area (Å²) in [5, 5.41) is 8.96. The smallest absolute Gasteiger partial charge is 0.277 e. The van der Waals surface area contributed by atoms with Gasteiger partial charge in [-0.15, -0.1) is 0 Å². The minimum absolute atomic E-state index is 0.149. The summed E-state index contributed by atoms with van der Waals surface area (Å²) >= 11 is 0. The van der Waals surface area contributed by atoms with Gasteiger partial charge in [-0.2, -0.15) is 17.8 Å². The van der Waals surface area contributed by atoms with Gasteiger partial charge in [0, 0.05) is 39.4 Å². The van der Waals surface area contributed by atoms with E-state index in [-0.39, 0.29) is 19.0 Å². The van der Waals surface area contributed by atoms with Crippen LogP contribution >= 0.6 is 0 Å². The molecule has 2 rings (SSSR count). The number of carbonyl (C=O) groups is 1. The summed E-state index contributed by atoms with van der Waals surface area (Å²) in [6.07, 6.45) is 1.55. The van der Waals surface area contributed by atoms with E-state index in [1.165, 1.54) is 8.99 Å². The number of aromatic nitrogens is 2. The first kappa shape index (κ1) is 13.0. The van der Waals surface area contributed by atoms with Crippen molar-refractivity contribution >= 4 is 16.1 Å². The molecule has 100 valence electrons. The number of piperazine rings is 1. The van der Waals surface area contributed by atoms with Crippen molar-refractivity contribution in [3.05, 3.63) is 18.0 Å². The van der Waals surface area contributed by atoms with E-state index in [0.717, 1.165) is 0 Å². The molecule has 8 nitrogen and oxygen atoms in total. The highest BCUT2D eigenvalue weighted by Gasteiger charge is 2.27. The zero-order valence-corrected chi connectivity index (χ0v) is 10.8. The second-order valence-electron chi connectivity index (χ2n) is 4.08. The normalized spacial score (nSPS) is 18.0. The van der Waals surface area contributed by atoms with Crippen LogP contribution < -0.4 is 5.14 Å². The Morgan fingerprint density at radius 1 is 1.33 bits per heavy atom. The Kier molecular flexibility index (Phi) is 3.37. The van der Waals surface area contributed by atoms with Gasteiger partial charge in [-0.3, -0.25) is 9.48 Å². The van der Waals surface area contributed by atoms with Crippen molar-refractivity contribution in [1.82, 2.24) is 19.0 Å². The highest BCUT2D eigenvalue weighted by Crippen LogP contribution is 2.09. The number of amides is 1. The van der Waals surface area contributed by atoms with Crippen LogP contribution in [0, 0.1) is 0 Å². The molecule has 0 unspecified atom stereocenters. The lowest BCUT2D eigenvalue weighted by molar-refractivity contribution is 0.0686. The molecule has 2 N–H and O–H groups in total. The monoisotopic (exact) mass is 273 g/mol. The molecule has 1 aromatic heterocycles. The Balaban J connectivity index is 2.03. The predicted molar refractivity (Wildman–Crippen MR) is 63.8 cm³/mol. The van der Waals surface area contributed by atoms with Crippen molar-refractivity contribution < 1.29 is 13.2 Å². The van der Waals surface area contributed by atoms with E-state index in [0.29, 0.717) is 18.8 Å². The fourth-order valence-corrected chi connectivity index (χ4v) is 2.56. The van der Waals surface area contributed by atoms with Gasteiger partial charge in [0.15, 0.2) is 0 Å². The predicted octanol–water partition coefficient (Wildman–Crippen LogP) is -1.62. The lowest BCUT2D eigenvalue weighted by Gasteiger charge is -2.32. The topological polar surface area (TPSA) is 102 Å². The highest BCUT2D eigenvalue weighted by molar-refractivity contribution is 7.86. The molecule has 0 spiro atoms. The Labute approximate surface area is 105 Å². The number of nitrogens with zero attached hydrogens (tertiary/aromatic N) is 4. The molecule has 0 radical (unpaired) electrons. The van der Waals surface area contributed by atoms with Gasteiger partial charge >= 0.3 is 0 Å². The van der Waals surface area contributed by atoms with Gasteiger partial charge in [-0.1, -0.05) is 0 Å². The highest BCUT2D eigenvalue weighted by atomic mass is 32.2. The first-order valence-electron chi connectivity index (χ1n) is 5.45. The zero-order valence-electron chi connectivity index (χ0n) is 9.98. The second kappa shape index (κ2) is 4.67. The molecular formula is C9H15N5O3S. The van der Waals surface area contributed by atoms with Crippen molar-refractivity contribution in [2.75, 3.05) is 26.2 Å². The molecular weight excluding hydrogens is 258 g/mol. The summed E-state index contributed by atoms with van der Waals surface area (Å²) in [4.78, 5) is 13.7. The minimum atomic E-state index is -3.66. The maximum absolute atomic E-state index is 12.1. The van der Waals surface area contributed by atoms with Crippen LogP contribution in [-0.4, -0.2) is 59.5 Å². The van der Waals surface area contributed by atoms with Crippen LogP contribution in [0.1, 0.15) is 10.5 Å². The number of rotatable bonds is 2. The molecule has 1 amide bonds. The number of nitrogens with two attached hydrogens (primary N) is 1. The first-order valence-corrected chi connectivity index (χ1v) is 6.95. The van der Waals surface area contributed by atoms with Gasteiger partial charge < -0.3 is 4.90 Å². The number of hydrogen-bond donors (Lipinski definition) is 1. The Bertz CT molecular complexity index is 544. The van der Waals surface area contributed by atoms with Crippen LogP contribution in [0.2, 0.25) is 0 Å². The molecule has 0 bridgehead atoms. The molecule has 0 atom stereocenters. The third kappa shape index (κ3) is 2.52. The van der Waals surface area contributed by atoms with Crippen LogP contribution in [-0.2, 0) is 17.3 Å². The molecule has 18 heavy (non-hydrogen) atoms. The molecule has 1 aliphatic rings. The van der Waals surface area contributed by atoms with E-state index < -0.39 is 10.2 Å². The first-order chi connectivity index (χ1) is 8.39. The van der Waals surface area contributed by atoms with E-state index >= 15 is 0 Å². The second-order valence-corrected chi connectivity index (χ2v) is 5.62. The number of hydrogen-bond acceptors (Lipinski definition) is 4. The van der Waals surface area contributed by atoms with Crippen molar-refractivity contribution in [2.24, 2.45) is 12.2 Å². The molecule has 2 heterocycles. The molecule has 1 aliphatic heterocycles. The van der Waals surface area contributed by atoms with Crippen LogP contribution in [0.4, 0.5) is 0 Å². The standard InChI is InChI=1S/C9H15N5O3S/c1-12-8(2-3-11-12)9(15)13-4-6-14(7-5-13)18(10,16)17/h2-3H,4-7H2,1H3,(H2,10,16,17). The van der Waals surface area contributed by atoms with Crippen molar-refractivity contribution in [2.45, 2.75) is 0 Å². The minimum Gasteiger partial charge on any atom is -0.335 e. The molecule has 0 aliphatic carbocycles. The largest absolute Gasteiger partial charge is 0.335 e. The summed E-state index contributed by atoms with van der Waals surface area (Å²) in [6.45, 7) is 1.12. The molecule has 0 saturated carbocycles. The van der Waals surface area contributed by atoms with E-state index in [1.54, 1.807) is 24.2 Å².